The topological polar surface area (TPSA) is 79.9 Å². The zero-order chi connectivity index (χ0) is 11.7. The molecule has 2 rings (SSSR count). The molecular weight excluding hydrogens is 232 g/mol. The molecular formula is C9H9ClN4O2. The summed E-state index contributed by atoms with van der Waals surface area (Å²) in [6.45, 7) is 0. The first-order valence-corrected chi connectivity index (χ1v) is 4.86. The fourth-order valence-corrected chi connectivity index (χ4v) is 1.63. The standard InChI is InChI=1S/C9H9ClN4O2/c1-11-8-6-4(3-5(10)12-8)13-14-7(6)9(15)16-2/h3H,1-2H3,(H,11,12)(H,13,14). The number of halogens is 1. The van der Waals surface area contributed by atoms with E-state index in [9.17, 15) is 4.79 Å². The molecule has 16 heavy (non-hydrogen) atoms. The van der Waals surface area contributed by atoms with Crippen LogP contribution in [0.2, 0.25) is 5.15 Å². The number of nitrogens with zero attached hydrogens (tertiary/aromatic N) is 2. The summed E-state index contributed by atoms with van der Waals surface area (Å²) >= 11 is 5.81. The molecule has 0 saturated heterocycles. The van der Waals surface area contributed by atoms with Gasteiger partial charge >= 0.3 is 5.97 Å². The summed E-state index contributed by atoms with van der Waals surface area (Å²) in [5.74, 6) is -0.0384. The van der Waals surface area contributed by atoms with E-state index in [1.165, 1.54) is 7.11 Å². The van der Waals surface area contributed by atoms with Crippen LogP contribution in [-0.4, -0.2) is 35.3 Å². The first-order valence-electron chi connectivity index (χ1n) is 4.48. The van der Waals surface area contributed by atoms with E-state index in [1.54, 1.807) is 13.1 Å². The van der Waals surface area contributed by atoms with Crippen molar-refractivity contribution in [3.05, 3.63) is 16.9 Å². The molecule has 84 valence electrons. The van der Waals surface area contributed by atoms with Crippen LogP contribution in [0.5, 0.6) is 0 Å². The lowest BCUT2D eigenvalue weighted by Gasteiger charge is -2.02. The number of anilines is 1. The minimum atomic E-state index is -0.521. The lowest BCUT2D eigenvalue weighted by molar-refractivity contribution is 0.0596. The van der Waals surface area contributed by atoms with Crippen LogP contribution >= 0.6 is 11.6 Å². The molecule has 0 fully saturated rings. The lowest BCUT2D eigenvalue weighted by atomic mass is 10.2. The second-order valence-corrected chi connectivity index (χ2v) is 3.42. The van der Waals surface area contributed by atoms with E-state index in [1.807, 2.05) is 0 Å². The van der Waals surface area contributed by atoms with Gasteiger partial charge in [0.05, 0.1) is 18.0 Å². The number of nitrogens with one attached hydrogen (secondary N) is 2. The van der Waals surface area contributed by atoms with Crippen LogP contribution in [-0.2, 0) is 4.74 Å². The molecule has 0 bridgehead atoms. The third-order valence-electron chi connectivity index (χ3n) is 2.13. The van der Waals surface area contributed by atoms with E-state index in [0.717, 1.165) is 0 Å². The van der Waals surface area contributed by atoms with Crippen LogP contribution in [0.3, 0.4) is 0 Å². The van der Waals surface area contributed by atoms with Gasteiger partial charge in [0, 0.05) is 13.1 Å². The highest BCUT2D eigenvalue weighted by Crippen LogP contribution is 2.26. The second-order valence-electron chi connectivity index (χ2n) is 3.03. The number of esters is 1. The summed E-state index contributed by atoms with van der Waals surface area (Å²) in [6.07, 6.45) is 0. The first-order chi connectivity index (χ1) is 7.67. The van der Waals surface area contributed by atoms with Gasteiger partial charge in [-0.15, -0.1) is 0 Å². The number of aromatic nitrogens is 3. The van der Waals surface area contributed by atoms with Gasteiger partial charge in [0.1, 0.15) is 11.0 Å². The van der Waals surface area contributed by atoms with Gasteiger partial charge in [0.25, 0.3) is 0 Å². The van der Waals surface area contributed by atoms with E-state index in [2.05, 4.69) is 25.2 Å². The van der Waals surface area contributed by atoms with E-state index < -0.39 is 5.97 Å². The van der Waals surface area contributed by atoms with Crippen LogP contribution in [0.25, 0.3) is 10.9 Å². The molecule has 0 aliphatic heterocycles. The van der Waals surface area contributed by atoms with E-state index in [-0.39, 0.29) is 5.69 Å². The zero-order valence-electron chi connectivity index (χ0n) is 8.67. The summed E-state index contributed by atoms with van der Waals surface area (Å²) in [6, 6.07) is 1.59. The van der Waals surface area contributed by atoms with Gasteiger partial charge in [-0.05, 0) is 0 Å². The Balaban J connectivity index is 2.74. The maximum Gasteiger partial charge on any atom is 0.359 e. The highest BCUT2D eigenvalue weighted by Gasteiger charge is 2.18. The minimum absolute atomic E-state index is 0.186. The average Bonchev–Trinajstić information content (AvgIpc) is 2.70. The number of hydrogen-bond donors (Lipinski definition) is 2. The van der Waals surface area contributed by atoms with Crippen molar-refractivity contribution < 1.29 is 9.53 Å². The maximum absolute atomic E-state index is 11.4. The number of H-pyrrole nitrogens is 1. The van der Waals surface area contributed by atoms with Crippen molar-refractivity contribution in [3.63, 3.8) is 0 Å². The Morgan fingerprint density at radius 1 is 1.62 bits per heavy atom. The van der Waals surface area contributed by atoms with Gasteiger partial charge in [0.15, 0.2) is 5.69 Å². The SMILES string of the molecule is CNc1nc(Cl)cc2[nH]nc(C(=O)OC)c12. The molecule has 6 nitrogen and oxygen atoms in total. The van der Waals surface area contributed by atoms with Crippen molar-refractivity contribution in [2.24, 2.45) is 0 Å². The van der Waals surface area contributed by atoms with Crippen LogP contribution in [0.4, 0.5) is 5.82 Å². The number of fused-ring (bicyclic) bond motifs is 1. The van der Waals surface area contributed by atoms with E-state index >= 15 is 0 Å². The van der Waals surface area contributed by atoms with Crippen molar-refractivity contribution in [3.8, 4) is 0 Å². The molecule has 0 aromatic carbocycles. The Labute approximate surface area is 96.0 Å². The number of aromatic amines is 1. The second kappa shape index (κ2) is 3.97. The molecule has 7 heteroatoms. The molecule has 2 heterocycles. The molecule has 0 aliphatic carbocycles. The van der Waals surface area contributed by atoms with Gasteiger partial charge < -0.3 is 10.1 Å². The van der Waals surface area contributed by atoms with Gasteiger partial charge in [-0.1, -0.05) is 11.6 Å². The summed E-state index contributed by atoms with van der Waals surface area (Å²) in [5, 5.41) is 10.3. The number of pyridine rings is 1. The van der Waals surface area contributed by atoms with Crippen molar-refractivity contribution in [2.75, 3.05) is 19.5 Å². The van der Waals surface area contributed by atoms with Crippen LogP contribution in [0, 0.1) is 0 Å². The normalized spacial score (nSPS) is 10.4. The molecule has 0 atom stereocenters. The van der Waals surface area contributed by atoms with Gasteiger partial charge in [-0.3, -0.25) is 5.10 Å². The predicted molar refractivity (Wildman–Crippen MR) is 59.8 cm³/mol. The molecule has 2 aromatic heterocycles. The van der Waals surface area contributed by atoms with Crippen molar-refractivity contribution in [1.29, 1.82) is 0 Å². The predicted octanol–water partition coefficient (Wildman–Crippen LogP) is 1.44. The van der Waals surface area contributed by atoms with E-state index in [4.69, 9.17) is 11.6 Å². The molecule has 0 amide bonds. The fraction of sp³-hybridized carbons (Fsp3) is 0.222. The summed E-state index contributed by atoms with van der Waals surface area (Å²) in [5.41, 5.74) is 0.816. The molecule has 0 aliphatic rings. The van der Waals surface area contributed by atoms with Crippen molar-refractivity contribution in [2.45, 2.75) is 0 Å². The Bertz CT molecular complexity index is 552. The lowest BCUT2D eigenvalue weighted by Crippen LogP contribution is -2.04. The quantitative estimate of drug-likeness (QED) is 0.613. The van der Waals surface area contributed by atoms with E-state index in [0.29, 0.717) is 21.9 Å². The fourth-order valence-electron chi connectivity index (χ4n) is 1.44. The van der Waals surface area contributed by atoms with Gasteiger partial charge in [0.2, 0.25) is 0 Å². The molecule has 2 aromatic rings. The van der Waals surface area contributed by atoms with Crippen LogP contribution in [0.1, 0.15) is 10.5 Å². The summed E-state index contributed by atoms with van der Waals surface area (Å²) in [7, 11) is 2.98. The Kier molecular flexibility index (Phi) is 2.66. The zero-order valence-corrected chi connectivity index (χ0v) is 9.42. The summed E-state index contributed by atoms with van der Waals surface area (Å²) in [4.78, 5) is 15.5. The highest BCUT2D eigenvalue weighted by molar-refractivity contribution is 6.30. The highest BCUT2D eigenvalue weighted by atomic mass is 35.5. The maximum atomic E-state index is 11.4. The number of carbonyl (C=O) groups is 1. The van der Waals surface area contributed by atoms with Gasteiger partial charge in [-0.2, -0.15) is 5.10 Å². The van der Waals surface area contributed by atoms with Crippen LogP contribution < -0.4 is 5.32 Å². The molecule has 0 unspecified atom stereocenters. The largest absolute Gasteiger partial charge is 0.464 e. The minimum Gasteiger partial charge on any atom is -0.464 e. The average molecular weight is 241 g/mol. The van der Waals surface area contributed by atoms with Crippen LogP contribution in [0.15, 0.2) is 6.07 Å². The monoisotopic (exact) mass is 240 g/mol. The number of ether oxygens (including phenoxy) is 1. The first kappa shape index (κ1) is 10.7. The third-order valence-corrected chi connectivity index (χ3v) is 2.32. The van der Waals surface area contributed by atoms with Crippen molar-refractivity contribution in [1.82, 2.24) is 15.2 Å². The molecule has 0 spiro atoms. The summed E-state index contributed by atoms with van der Waals surface area (Å²) < 4.78 is 4.62. The Hall–Kier alpha value is -1.82. The van der Waals surface area contributed by atoms with Gasteiger partial charge in [-0.25, -0.2) is 9.78 Å². The Morgan fingerprint density at radius 3 is 3.00 bits per heavy atom. The number of rotatable bonds is 2. The Morgan fingerprint density at radius 2 is 2.38 bits per heavy atom. The smallest absolute Gasteiger partial charge is 0.359 e. The molecule has 2 N–H and O–H groups in total. The number of methoxy groups -OCH3 is 1. The third kappa shape index (κ3) is 1.57. The van der Waals surface area contributed by atoms with Crippen molar-refractivity contribution >= 4 is 34.3 Å². The number of carbonyl (C=O) groups excluding carboxylic acids is 1. The number of hydrogen-bond acceptors (Lipinski definition) is 5. The molecule has 0 saturated carbocycles. The molecule has 0 radical (unpaired) electrons.